The van der Waals surface area contributed by atoms with Gasteiger partial charge in [-0.15, -0.1) is 0 Å². The normalized spacial score (nSPS) is 12.7. The quantitative estimate of drug-likeness (QED) is 0.757. The van der Waals surface area contributed by atoms with Gasteiger partial charge in [-0.1, -0.05) is 0 Å². The molecule has 0 aliphatic carbocycles. The predicted molar refractivity (Wildman–Crippen MR) is 49.8 cm³/mol. The number of aliphatic hydroxyl groups is 1. The van der Waals surface area contributed by atoms with Crippen LogP contribution < -0.4 is 0 Å². The predicted octanol–water partition coefficient (Wildman–Crippen LogP) is 0.716. The van der Waals surface area contributed by atoms with E-state index in [-0.39, 0.29) is 0 Å². The lowest BCUT2D eigenvalue weighted by atomic mass is 10.2. The Kier molecular flexibility index (Phi) is 2.24. The van der Waals surface area contributed by atoms with E-state index in [9.17, 15) is 5.11 Å². The van der Waals surface area contributed by atoms with Crippen LogP contribution in [0.2, 0.25) is 0 Å². The van der Waals surface area contributed by atoms with Gasteiger partial charge in [0.25, 0.3) is 0 Å². The van der Waals surface area contributed by atoms with E-state index in [1.165, 1.54) is 6.33 Å². The molecule has 1 atom stereocenters. The highest BCUT2D eigenvalue weighted by Gasteiger charge is 2.03. The Balaban J connectivity index is 2.41. The van der Waals surface area contributed by atoms with Crippen molar-refractivity contribution >= 4 is 0 Å². The first-order valence-corrected chi connectivity index (χ1v) is 4.26. The molecule has 1 N–H and O–H groups in total. The highest BCUT2D eigenvalue weighted by molar-refractivity contribution is 5.27. The molecule has 2 aromatic rings. The molecule has 2 heterocycles. The third-order valence-electron chi connectivity index (χ3n) is 1.91. The third-order valence-corrected chi connectivity index (χ3v) is 1.91. The van der Waals surface area contributed by atoms with Gasteiger partial charge in [-0.05, 0) is 24.6 Å². The standard InChI is InChI=1S/C9H10N4O/c1-7(14)8-2-3-11-9(4-8)13-6-10-5-12-13/h2-7,14H,1H3. The molecule has 0 bridgehead atoms. The first kappa shape index (κ1) is 8.83. The summed E-state index contributed by atoms with van der Waals surface area (Å²) < 4.78 is 1.55. The molecule has 0 aromatic carbocycles. The van der Waals surface area contributed by atoms with Crippen molar-refractivity contribution in [3.63, 3.8) is 0 Å². The average Bonchev–Trinajstić information content (AvgIpc) is 2.71. The van der Waals surface area contributed by atoms with Crippen molar-refractivity contribution in [1.82, 2.24) is 19.7 Å². The zero-order valence-corrected chi connectivity index (χ0v) is 7.70. The van der Waals surface area contributed by atoms with Crippen LogP contribution in [0.1, 0.15) is 18.6 Å². The van der Waals surface area contributed by atoms with Crippen LogP contribution in [-0.4, -0.2) is 24.9 Å². The van der Waals surface area contributed by atoms with Crippen LogP contribution in [0.3, 0.4) is 0 Å². The van der Waals surface area contributed by atoms with Gasteiger partial charge < -0.3 is 5.11 Å². The Labute approximate surface area is 81.1 Å². The van der Waals surface area contributed by atoms with Crippen LogP contribution in [0.15, 0.2) is 31.0 Å². The first-order chi connectivity index (χ1) is 6.77. The van der Waals surface area contributed by atoms with Gasteiger partial charge in [0.2, 0.25) is 0 Å². The molecule has 0 saturated heterocycles. The number of hydrogen-bond acceptors (Lipinski definition) is 4. The summed E-state index contributed by atoms with van der Waals surface area (Å²) in [4.78, 5) is 7.94. The number of aromatic nitrogens is 4. The van der Waals surface area contributed by atoms with E-state index in [1.54, 1.807) is 36.3 Å². The van der Waals surface area contributed by atoms with Crippen molar-refractivity contribution in [1.29, 1.82) is 0 Å². The van der Waals surface area contributed by atoms with Crippen molar-refractivity contribution in [2.75, 3.05) is 0 Å². The van der Waals surface area contributed by atoms with Gasteiger partial charge in [0.15, 0.2) is 5.82 Å². The Hall–Kier alpha value is -1.75. The minimum atomic E-state index is -0.500. The minimum Gasteiger partial charge on any atom is -0.389 e. The van der Waals surface area contributed by atoms with Gasteiger partial charge >= 0.3 is 0 Å². The molecule has 1 unspecified atom stereocenters. The SMILES string of the molecule is CC(O)c1ccnc(-n2cncn2)c1. The highest BCUT2D eigenvalue weighted by atomic mass is 16.3. The van der Waals surface area contributed by atoms with E-state index in [1.807, 2.05) is 0 Å². The lowest BCUT2D eigenvalue weighted by Crippen LogP contribution is -2.00. The lowest BCUT2D eigenvalue weighted by molar-refractivity contribution is 0.199. The van der Waals surface area contributed by atoms with Gasteiger partial charge in [-0.3, -0.25) is 0 Å². The molecule has 5 heteroatoms. The van der Waals surface area contributed by atoms with Crippen LogP contribution in [0, 0.1) is 0 Å². The summed E-state index contributed by atoms with van der Waals surface area (Å²) in [7, 11) is 0. The topological polar surface area (TPSA) is 63.8 Å². The highest BCUT2D eigenvalue weighted by Crippen LogP contribution is 2.13. The van der Waals surface area contributed by atoms with Gasteiger partial charge in [0.1, 0.15) is 12.7 Å². The second kappa shape index (κ2) is 3.55. The smallest absolute Gasteiger partial charge is 0.155 e. The van der Waals surface area contributed by atoms with E-state index in [0.29, 0.717) is 5.82 Å². The molecule has 0 saturated carbocycles. The largest absolute Gasteiger partial charge is 0.389 e. The fraction of sp³-hybridized carbons (Fsp3) is 0.222. The van der Waals surface area contributed by atoms with Crippen LogP contribution >= 0.6 is 0 Å². The van der Waals surface area contributed by atoms with Gasteiger partial charge in [-0.2, -0.15) is 5.10 Å². The van der Waals surface area contributed by atoms with Gasteiger partial charge in [0.05, 0.1) is 6.10 Å². The van der Waals surface area contributed by atoms with Gasteiger partial charge in [-0.25, -0.2) is 14.6 Å². The van der Waals surface area contributed by atoms with E-state index in [2.05, 4.69) is 15.1 Å². The van der Waals surface area contributed by atoms with E-state index in [4.69, 9.17) is 0 Å². The van der Waals surface area contributed by atoms with E-state index in [0.717, 1.165) is 5.56 Å². The molecule has 0 amide bonds. The maximum Gasteiger partial charge on any atom is 0.155 e. The summed E-state index contributed by atoms with van der Waals surface area (Å²) in [5.74, 6) is 0.654. The minimum absolute atomic E-state index is 0.500. The fourth-order valence-electron chi connectivity index (χ4n) is 1.15. The fourth-order valence-corrected chi connectivity index (χ4v) is 1.15. The average molecular weight is 190 g/mol. The number of nitrogens with zero attached hydrogens (tertiary/aromatic N) is 4. The zero-order chi connectivity index (χ0) is 9.97. The van der Waals surface area contributed by atoms with Crippen molar-refractivity contribution in [2.45, 2.75) is 13.0 Å². The van der Waals surface area contributed by atoms with Crippen molar-refractivity contribution in [3.8, 4) is 5.82 Å². The molecule has 5 nitrogen and oxygen atoms in total. The number of pyridine rings is 1. The molecule has 0 spiro atoms. The maximum absolute atomic E-state index is 9.37. The van der Waals surface area contributed by atoms with E-state index >= 15 is 0 Å². The second-order valence-corrected chi connectivity index (χ2v) is 2.96. The molecule has 72 valence electrons. The maximum atomic E-state index is 9.37. The molecule has 0 aliphatic rings. The van der Waals surface area contributed by atoms with E-state index < -0.39 is 6.10 Å². The summed E-state index contributed by atoms with van der Waals surface area (Å²) in [6.07, 6.45) is 4.14. The number of aliphatic hydroxyl groups excluding tert-OH is 1. The van der Waals surface area contributed by atoms with Crippen LogP contribution in [0.4, 0.5) is 0 Å². The lowest BCUT2D eigenvalue weighted by Gasteiger charge is -2.05. The molecule has 0 fully saturated rings. The zero-order valence-electron chi connectivity index (χ0n) is 7.70. The Bertz CT molecular complexity index is 411. The third kappa shape index (κ3) is 1.62. The van der Waals surface area contributed by atoms with Crippen LogP contribution in [-0.2, 0) is 0 Å². The van der Waals surface area contributed by atoms with Crippen molar-refractivity contribution in [3.05, 3.63) is 36.5 Å². The van der Waals surface area contributed by atoms with Crippen molar-refractivity contribution in [2.24, 2.45) is 0 Å². The summed E-state index contributed by atoms with van der Waals surface area (Å²) in [5, 5.41) is 13.3. The number of hydrogen-bond donors (Lipinski definition) is 1. The van der Waals surface area contributed by atoms with Crippen LogP contribution in [0.5, 0.6) is 0 Å². The Morgan fingerprint density at radius 1 is 1.50 bits per heavy atom. The molecule has 0 aliphatic heterocycles. The summed E-state index contributed by atoms with van der Waals surface area (Å²) in [5.41, 5.74) is 0.811. The van der Waals surface area contributed by atoms with Crippen LogP contribution in [0.25, 0.3) is 5.82 Å². The Morgan fingerprint density at radius 3 is 3.00 bits per heavy atom. The molecular formula is C9H10N4O. The Morgan fingerprint density at radius 2 is 2.36 bits per heavy atom. The summed E-state index contributed by atoms with van der Waals surface area (Å²) >= 11 is 0. The molecule has 2 rings (SSSR count). The second-order valence-electron chi connectivity index (χ2n) is 2.96. The number of rotatable bonds is 2. The molecular weight excluding hydrogens is 180 g/mol. The molecule has 14 heavy (non-hydrogen) atoms. The molecule has 2 aromatic heterocycles. The molecule has 0 radical (unpaired) electrons. The van der Waals surface area contributed by atoms with Gasteiger partial charge in [0, 0.05) is 6.20 Å². The summed E-state index contributed by atoms with van der Waals surface area (Å²) in [6, 6.07) is 3.55. The summed E-state index contributed by atoms with van der Waals surface area (Å²) in [6.45, 7) is 1.71. The first-order valence-electron chi connectivity index (χ1n) is 4.26. The van der Waals surface area contributed by atoms with Crippen molar-refractivity contribution < 1.29 is 5.11 Å². The monoisotopic (exact) mass is 190 g/mol.